The van der Waals surface area contributed by atoms with E-state index >= 15 is 0 Å². The van der Waals surface area contributed by atoms with Crippen LogP contribution in [0.1, 0.15) is 12.0 Å². The van der Waals surface area contributed by atoms with E-state index in [-0.39, 0.29) is 11.9 Å². The van der Waals surface area contributed by atoms with Crippen molar-refractivity contribution in [1.82, 2.24) is 15.1 Å². The maximum absolute atomic E-state index is 12.4. The molecule has 0 radical (unpaired) electrons. The Morgan fingerprint density at radius 1 is 1.18 bits per heavy atom. The Morgan fingerprint density at radius 2 is 1.91 bits per heavy atom. The largest absolute Gasteiger partial charge is 0.378 e. The minimum Gasteiger partial charge on any atom is -0.378 e. The molecule has 1 unspecified atom stereocenters. The summed E-state index contributed by atoms with van der Waals surface area (Å²) in [6, 6.07) is 9.34. The van der Waals surface area contributed by atoms with Crippen LogP contribution in [0.15, 0.2) is 30.3 Å². The lowest BCUT2D eigenvalue weighted by atomic mass is 10.2. The van der Waals surface area contributed by atoms with E-state index in [1.165, 1.54) is 0 Å². The Bertz CT molecular complexity index is 529. The third kappa shape index (κ3) is 3.39. The van der Waals surface area contributed by atoms with Crippen LogP contribution in [-0.2, 0) is 16.1 Å². The number of rotatable bonds is 3. The molecule has 118 valence electrons. The first kappa shape index (κ1) is 14.8. The molecule has 1 aromatic rings. The second-order valence-corrected chi connectivity index (χ2v) is 5.64. The van der Waals surface area contributed by atoms with Gasteiger partial charge < -0.3 is 19.9 Å². The Kier molecular flexibility index (Phi) is 4.58. The van der Waals surface area contributed by atoms with E-state index < -0.39 is 6.04 Å². The summed E-state index contributed by atoms with van der Waals surface area (Å²) in [6.45, 7) is 3.57. The van der Waals surface area contributed by atoms with E-state index in [0.29, 0.717) is 45.8 Å². The molecular weight excluding hydrogens is 282 g/mol. The number of carbonyl (C=O) groups excluding carboxylic acids is 2. The fourth-order valence-electron chi connectivity index (χ4n) is 2.84. The van der Waals surface area contributed by atoms with Gasteiger partial charge in [-0.25, -0.2) is 4.79 Å². The number of nitrogens with one attached hydrogen (secondary N) is 1. The number of amides is 3. The molecule has 2 saturated heterocycles. The molecule has 6 heteroatoms. The number of ether oxygens (including phenoxy) is 1. The lowest BCUT2D eigenvalue weighted by Crippen LogP contribution is -2.51. The fourth-order valence-corrected chi connectivity index (χ4v) is 2.84. The molecule has 1 N–H and O–H groups in total. The van der Waals surface area contributed by atoms with Crippen LogP contribution in [0.5, 0.6) is 0 Å². The van der Waals surface area contributed by atoms with Crippen molar-refractivity contribution < 1.29 is 14.3 Å². The minimum atomic E-state index is -0.404. The first-order valence-corrected chi connectivity index (χ1v) is 7.70. The van der Waals surface area contributed by atoms with E-state index in [4.69, 9.17) is 4.74 Å². The maximum atomic E-state index is 12.4. The summed E-state index contributed by atoms with van der Waals surface area (Å²) in [7, 11) is 0. The van der Waals surface area contributed by atoms with Crippen molar-refractivity contribution in [3.63, 3.8) is 0 Å². The number of likely N-dealkylation sites (tertiary alicyclic amines) is 1. The molecule has 6 nitrogen and oxygen atoms in total. The van der Waals surface area contributed by atoms with Crippen molar-refractivity contribution in [2.75, 3.05) is 32.8 Å². The molecule has 2 heterocycles. The molecule has 22 heavy (non-hydrogen) atoms. The minimum absolute atomic E-state index is 0.00506. The first-order chi connectivity index (χ1) is 10.7. The van der Waals surface area contributed by atoms with Crippen molar-refractivity contribution in [2.45, 2.75) is 19.0 Å². The Morgan fingerprint density at radius 3 is 2.64 bits per heavy atom. The summed E-state index contributed by atoms with van der Waals surface area (Å²) >= 11 is 0. The topological polar surface area (TPSA) is 61.9 Å². The highest BCUT2D eigenvalue weighted by atomic mass is 16.5. The van der Waals surface area contributed by atoms with E-state index in [1.807, 2.05) is 30.3 Å². The molecule has 0 spiro atoms. The molecule has 2 fully saturated rings. The number of morpholine rings is 1. The molecule has 3 rings (SSSR count). The van der Waals surface area contributed by atoms with E-state index in [0.717, 1.165) is 5.56 Å². The number of nitrogens with zero attached hydrogens (tertiary/aromatic N) is 2. The molecule has 2 aliphatic rings. The van der Waals surface area contributed by atoms with Gasteiger partial charge in [0.1, 0.15) is 6.04 Å². The van der Waals surface area contributed by atoms with Crippen molar-refractivity contribution in [1.29, 1.82) is 0 Å². The van der Waals surface area contributed by atoms with E-state index in [1.54, 1.807) is 9.80 Å². The number of benzene rings is 1. The summed E-state index contributed by atoms with van der Waals surface area (Å²) in [6.07, 6.45) is 0.668. The predicted octanol–water partition coefficient (Wildman–Crippen LogP) is 0.829. The van der Waals surface area contributed by atoms with Gasteiger partial charge in [-0.15, -0.1) is 0 Å². The predicted molar refractivity (Wildman–Crippen MR) is 81.2 cm³/mol. The third-order valence-electron chi connectivity index (χ3n) is 4.11. The molecule has 0 aliphatic carbocycles. The van der Waals surface area contributed by atoms with Gasteiger partial charge in [-0.2, -0.15) is 0 Å². The Balaban J connectivity index is 1.53. The molecule has 0 bridgehead atoms. The van der Waals surface area contributed by atoms with Crippen LogP contribution < -0.4 is 5.32 Å². The maximum Gasteiger partial charge on any atom is 0.318 e. The molecule has 2 aliphatic heterocycles. The average molecular weight is 303 g/mol. The van der Waals surface area contributed by atoms with Crippen LogP contribution in [-0.4, -0.2) is 60.6 Å². The van der Waals surface area contributed by atoms with Gasteiger partial charge in [0.25, 0.3) is 0 Å². The van der Waals surface area contributed by atoms with Gasteiger partial charge in [0.05, 0.1) is 13.2 Å². The summed E-state index contributed by atoms with van der Waals surface area (Å²) < 4.78 is 5.23. The molecule has 0 saturated carbocycles. The Labute approximate surface area is 130 Å². The van der Waals surface area contributed by atoms with Crippen molar-refractivity contribution in [3.05, 3.63) is 35.9 Å². The molecule has 1 aromatic carbocycles. The lowest BCUT2D eigenvalue weighted by molar-refractivity contribution is -0.129. The highest BCUT2D eigenvalue weighted by molar-refractivity contribution is 5.88. The fraction of sp³-hybridized carbons (Fsp3) is 0.500. The van der Waals surface area contributed by atoms with Crippen LogP contribution >= 0.6 is 0 Å². The normalized spacial score (nSPS) is 22.0. The van der Waals surface area contributed by atoms with Gasteiger partial charge in [-0.3, -0.25) is 4.79 Å². The van der Waals surface area contributed by atoms with Gasteiger partial charge in [-0.1, -0.05) is 30.3 Å². The van der Waals surface area contributed by atoms with Crippen LogP contribution in [0.25, 0.3) is 0 Å². The number of urea groups is 1. The molecule has 3 amide bonds. The van der Waals surface area contributed by atoms with Crippen LogP contribution in [0.4, 0.5) is 4.79 Å². The average Bonchev–Trinajstić information content (AvgIpc) is 2.90. The zero-order chi connectivity index (χ0) is 15.4. The second-order valence-electron chi connectivity index (χ2n) is 5.64. The van der Waals surface area contributed by atoms with Crippen LogP contribution in [0.3, 0.4) is 0 Å². The smallest absolute Gasteiger partial charge is 0.318 e. The highest BCUT2D eigenvalue weighted by Gasteiger charge is 2.33. The standard InChI is InChI=1S/C16H21N3O3/c20-15-14(17-16(21)18-8-10-22-11-9-18)6-7-19(15)12-13-4-2-1-3-5-13/h1-5,14H,6-12H2,(H,17,21). The number of hydrogen-bond acceptors (Lipinski definition) is 3. The zero-order valence-electron chi connectivity index (χ0n) is 12.5. The van der Waals surface area contributed by atoms with E-state index in [2.05, 4.69) is 5.32 Å². The Hall–Kier alpha value is -2.08. The highest BCUT2D eigenvalue weighted by Crippen LogP contribution is 2.15. The van der Waals surface area contributed by atoms with Gasteiger partial charge in [-0.05, 0) is 12.0 Å². The molecular formula is C16H21N3O3. The van der Waals surface area contributed by atoms with Gasteiger partial charge in [0.2, 0.25) is 5.91 Å². The van der Waals surface area contributed by atoms with Gasteiger partial charge >= 0.3 is 6.03 Å². The van der Waals surface area contributed by atoms with Crippen molar-refractivity contribution >= 4 is 11.9 Å². The van der Waals surface area contributed by atoms with Crippen LogP contribution in [0, 0.1) is 0 Å². The molecule has 0 aromatic heterocycles. The lowest BCUT2D eigenvalue weighted by Gasteiger charge is -2.28. The summed E-state index contributed by atoms with van der Waals surface area (Å²) in [4.78, 5) is 28.1. The molecule has 1 atom stereocenters. The number of carbonyl (C=O) groups is 2. The summed E-state index contributed by atoms with van der Waals surface area (Å²) in [5.74, 6) is 0.00506. The first-order valence-electron chi connectivity index (χ1n) is 7.70. The SMILES string of the molecule is O=C(NC1CCN(Cc2ccccc2)C1=O)N1CCOCC1. The summed E-state index contributed by atoms with van der Waals surface area (Å²) in [5, 5.41) is 2.85. The second kappa shape index (κ2) is 6.79. The van der Waals surface area contributed by atoms with E-state index in [9.17, 15) is 9.59 Å². The monoisotopic (exact) mass is 303 g/mol. The number of hydrogen-bond donors (Lipinski definition) is 1. The van der Waals surface area contributed by atoms with Gasteiger partial charge in [0.15, 0.2) is 0 Å². The summed E-state index contributed by atoms with van der Waals surface area (Å²) in [5.41, 5.74) is 1.11. The third-order valence-corrected chi connectivity index (χ3v) is 4.11. The van der Waals surface area contributed by atoms with Crippen molar-refractivity contribution in [2.24, 2.45) is 0 Å². The zero-order valence-corrected chi connectivity index (χ0v) is 12.5. The van der Waals surface area contributed by atoms with Crippen molar-refractivity contribution in [3.8, 4) is 0 Å². The van der Waals surface area contributed by atoms with Gasteiger partial charge in [0, 0.05) is 26.2 Å². The van der Waals surface area contributed by atoms with Crippen LogP contribution in [0.2, 0.25) is 0 Å². The quantitative estimate of drug-likeness (QED) is 0.899.